The number of benzene rings is 1. The van der Waals surface area contributed by atoms with Crippen molar-refractivity contribution in [1.29, 1.82) is 0 Å². The number of hydrogen-bond acceptors (Lipinski definition) is 14. The van der Waals surface area contributed by atoms with Crippen molar-refractivity contribution in [3.8, 4) is 0 Å². The van der Waals surface area contributed by atoms with E-state index in [9.17, 15) is 53.1 Å². The lowest BCUT2D eigenvalue weighted by molar-refractivity contribution is -0.143. The van der Waals surface area contributed by atoms with Crippen molar-refractivity contribution >= 4 is 87.8 Å². The second-order valence-electron chi connectivity index (χ2n) is 22.9. The second-order valence-corrected chi connectivity index (χ2v) is 24.8. The van der Waals surface area contributed by atoms with Crippen LogP contribution in [0.5, 0.6) is 0 Å². The molecule has 2 saturated heterocycles. The Morgan fingerprint density at radius 3 is 2.14 bits per heavy atom. The third-order valence-electron chi connectivity index (χ3n) is 16.1. The molecular weight excluding hydrogens is 1060 g/mol. The number of carboxylic acids is 1. The van der Waals surface area contributed by atoms with E-state index in [1.165, 1.54) is 41.8 Å². The molecule has 0 saturated carbocycles. The summed E-state index contributed by atoms with van der Waals surface area (Å²) in [5.74, 6) is -5.45. The molecule has 1 aromatic carbocycles. The number of rotatable bonds is 32. The number of ketones is 1. The van der Waals surface area contributed by atoms with Crippen LogP contribution in [0.3, 0.4) is 0 Å². The number of imide groups is 1. The van der Waals surface area contributed by atoms with Gasteiger partial charge in [0, 0.05) is 68.8 Å². The minimum absolute atomic E-state index is 0.0532. The highest BCUT2D eigenvalue weighted by atomic mass is 32.2. The molecule has 0 aliphatic carbocycles. The van der Waals surface area contributed by atoms with Crippen molar-refractivity contribution in [2.24, 2.45) is 29.6 Å². The Bertz CT molecular complexity index is 2510. The first-order valence-corrected chi connectivity index (χ1v) is 30.4. The maximum absolute atomic E-state index is 14.5. The van der Waals surface area contributed by atoms with Crippen molar-refractivity contribution in [2.75, 3.05) is 38.8 Å². The fourth-order valence-electron chi connectivity index (χ4n) is 10.4. The standard InChI is InChI=1S/C58H89N9O11S2/c1-14-35(6)42(29-47(69)58(10)24-18-25-65(58)11)55(75)66(12)45(33(2)3)30-43(60-38(9)68)54-63-44(32-80-54)52(73)62-41(27-36(7)57(77)78)28-39-20-22-40(23-21-39)61-51(72)37(8)59-53(74)50(34(4)5)64-48(70)19-16-15-17-26-67-49(71)31-46(79-13)56(67)76/h20-23,32-37,41-43,45-46,50H,14-19,24-31H2,1-13H3,(H,59,74)(H,60,68)(H,61,72)(H,62,73)(H,64,70)(H,77,78)/t35-,36-,37-,41+,42-,43+,45+,46?,50-,58+/m0/s1. The van der Waals surface area contributed by atoms with Gasteiger partial charge in [-0.15, -0.1) is 11.3 Å². The number of thioether (sulfide) groups is 1. The Labute approximate surface area is 481 Å². The summed E-state index contributed by atoms with van der Waals surface area (Å²) in [6, 6.07) is 3.20. The van der Waals surface area contributed by atoms with Crippen LogP contribution in [-0.4, -0.2) is 152 Å². The lowest BCUT2D eigenvalue weighted by Gasteiger charge is -2.38. The SMILES string of the molecule is CC[C@H](C)[C@H](CC(=O)[C@@]1(C)CCCN1C)C(=O)N(C)[C@H](C[C@@H](NC(C)=O)c1nc(C(=O)N[C@@H](Cc2ccc(NC(=O)[C@H](C)NC(=O)[C@@H](NC(=O)CCCCCN3C(=O)CC(SC)C3=O)C(C)C)cc2)C[C@H](C)C(=O)O)cs1)C(C)C. The van der Waals surface area contributed by atoms with E-state index in [4.69, 9.17) is 0 Å². The third-order valence-corrected chi connectivity index (χ3v) is 18.0. The molecule has 8 amide bonds. The number of carbonyl (C=O) groups is 10. The highest BCUT2D eigenvalue weighted by molar-refractivity contribution is 8.00. The number of anilines is 1. The first-order chi connectivity index (χ1) is 37.6. The molecule has 1 unspecified atom stereocenters. The fraction of sp³-hybridized carbons (Fsp3) is 0.672. The number of hydrogen-bond donors (Lipinski definition) is 6. The van der Waals surface area contributed by atoms with Gasteiger partial charge in [0.2, 0.25) is 41.4 Å². The monoisotopic (exact) mass is 1150 g/mol. The Balaban J connectivity index is 1.37. The number of amides is 8. The number of unbranched alkanes of at least 4 members (excludes halogenated alkanes) is 2. The quantitative estimate of drug-likeness (QED) is 0.0343. The molecule has 2 aliphatic heterocycles. The third kappa shape index (κ3) is 18.7. The molecule has 0 radical (unpaired) electrons. The molecule has 80 heavy (non-hydrogen) atoms. The lowest BCUT2D eigenvalue weighted by Crippen LogP contribution is -2.53. The number of nitrogens with one attached hydrogen (secondary N) is 5. The van der Waals surface area contributed by atoms with Gasteiger partial charge in [-0.1, -0.05) is 73.4 Å². The summed E-state index contributed by atoms with van der Waals surface area (Å²) >= 11 is 2.55. The molecule has 2 aliphatic rings. The van der Waals surface area contributed by atoms with E-state index in [2.05, 4.69) is 36.5 Å². The van der Waals surface area contributed by atoms with Crippen LogP contribution >= 0.6 is 23.1 Å². The number of carboxylic acid groups (broad SMARTS) is 1. The summed E-state index contributed by atoms with van der Waals surface area (Å²) in [7, 11) is 3.71. The van der Waals surface area contributed by atoms with Gasteiger partial charge in [-0.05, 0) is 114 Å². The summed E-state index contributed by atoms with van der Waals surface area (Å²) < 4.78 is 0. The van der Waals surface area contributed by atoms with Crippen molar-refractivity contribution in [3.05, 3.63) is 45.9 Å². The number of aromatic nitrogens is 1. The Morgan fingerprint density at radius 2 is 1.57 bits per heavy atom. The summed E-state index contributed by atoms with van der Waals surface area (Å²) in [5.41, 5.74) is 0.605. The predicted molar refractivity (Wildman–Crippen MR) is 310 cm³/mol. The zero-order valence-electron chi connectivity index (χ0n) is 49.3. The van der Waals surface area contributed by atoms with E-state index in [1.54, 1.807) is 68.6 Å². The summed E-state index contributed by atoms with van der Waals surface area (Å²) in [6.45, 7) is 19.2. The maximum atomic E-state index is 14.5. The van der Waals surface area contributed by atoms with Crippen LogP contribution in [0.25, 0.3) is 0 Å². The molecule has 6 N–H and O–H groups in total. The molecule has 1 aromatic heterocycles. The molecule has 444 valence electrons. The molecule has 2 aromatic rings. The first-order valence-electron chi connectivity index (χ1n) is 28.3. The summed E-state index contributed by atoms with van der Waals surface area (Å²) in [4.78, 5) is 141. The highest BCUT2D eigenvalue weighted by Gasteiger charge is 2.44. The van der Waals surface area contributed by atoms with Crippen LogP contribution < -0.4 is 26.6 Å². The summed E-state index contributed by atoms with van der Waals surface area (Å²) in [5, 5.41) is 25.8. The van der Waals surface area contributed by atoms with E-state index in [0.29, 0.717) is 42.9 Å². The van der Waals surface area contributed by atoms with Gasteiger partial charge >= 0.3 is 5.97 Å². The van der Waals surface area contributed by atoms with Crippen LogP contribution in [0, 0.1) is 29.6 Å². The van der Waals surface area contributed by atoms with Crippen molar-refractivity contribution in [3.63, 3.8) is 0 Å². The average Bonchev–Trinajstić information content (AvgIpc) is 4.12. The van der Waals surface area contributed by atoms with Crippen LogP contribution in [0.15, 0.2) is 29.6 Å². The number of likely N-dealkylation sites (N-methyl/N-ethyl adjacent to an activating group) is 1. The van der Waals surface area contributed by atoms with Gasteiger partial charge in [0.25, 0.3) is 5.91 Å². The lowest BCUT2D eigenvalue weighted by atomic mass is 9.80. The normalized spacial score (nSPS) is 19.6. The topological polar surface area (TPSA) is 274 Å². The maximum Gasteiger partial charge on any atom is 0.306 e. The molecule has 3 heterocycles. The Morgan fingerprint density at radius 1 is 0.900 bits per heavy atom. The van der Waals surface area contributed by atoms with Crippen molar-refractivity contribution in [1.82, 2.24) is 41.0 Å². The summed E-state index contributed by atoms with van der Waals surface area (Å²) in [6.07, 6.45) is 6.95. The zero-order chi connectivity index (χ0) is 59.8. The number of likely N-dealkylation sites (tertiary alicyclic amines) is 2. The largest absolute Gasteiger partial charge is 0.481 e. The van der Waals surface area contributed by atoms with Gasteiger partial charge in [-0.25, -0.2) is 4.98 Å². The van der Waals surface area contributed by atoms with Crippen molar-refractivity contribution < 1.29 is 53.1 Å². The zero-order valence-corrected chi connectivity index (χ0v) is 50.9. The van der Waals surface area contributed by atoms with E-state index >= 15 is 0 Å². The average molecular weight is 1150 g/mol. The number of aliphatic carboxylic acids is 1. The van der Waals surface area contributed by atoms with Crippen LogP contribution in [0.1, 0.15) is 167 Å². The number of thiazole rings is 1. The van der Waals surface area contributed by atoms with E-state index in [0.717, 1.165) is 24.9 Å². The Hall–Kier alpha value is -5.74. The van der Waals surface area contributed by atoms with Gasteiger partial charge in [0.05, 0.1) is 22.7 Å². The highest BCUT2D eigenvalue weighted by Crippen LogP contribution is 2.35. The number of carbonyl (C=O) groups excluding carboxylic acids is 9. The first kappa shape index (κ1) is 66.8. The van der Waals surface area contributed by atoms with E-state index in [1.807, 2.05) is 41.7 Å². The molecule has 10 atom stereocenters. The van der Waals surface area contributed by atoms with Gasteiger partial charge in [-0.2, -0.15) is 11.8 Å². The van der Waals surface area contributed by atoms with Gasteiger partial charge in [0.15, 0.2) is 5.78 Å². The second kappa shape index (κ2) is 30.9. The van der Waals surface area contributed by atoms with Crippen molar-refractivity contribution in [2.45, 2.75) is 187 Å². The smallest absolute Gasteiger partial charge is 0.306 e. The number of Topliss-reactive ketones (excluding diaryl/α,β-unsaturated/α-hetero) is 1. The predicted octanol–water partition coefficient (Wildman–Crippen LogP) is 6.39. The minimum Gasteiger partial charge on any atom is -0.481 e. The molecular formula is C58H89N9O11S2. The molecule has 2 fully saturated rings. The number of nitrogens with zero attached hydrogens (tertiary/aromatic N) is 4. The van der Waals surface area contributed by atoms with Crippen LogP contribution in [0.2, 0.25) is 0 Å². The van der Waals surface area contributed by atoms with Gasteiger partial charge in [0.1, 0.15) is 22.8 Å². The minimum atomic E-state index is -1.04. The molecule has 20 nitrogen and oxygen atoms in total. The molecule has 22 heteroatoms. The Kier molecular flexibility index (Phi) is 25.8. The van der Waals surface area contributed by atoms with Gasteiger partial charge in [-0.3, -0.25) is 57.7 Å². The molecule has 0 spiro atoms. The van der Waals surface area contributed by atoms with E-state index < -0.39 is 65.2 Å². The fourth-order valence-corrected chi connectivity index (χ4v) is 11.9. The molecule has 4 rings (SSSR count). The van der Waals surface area contributed by atoms with Gasteiger partial charge < -0.3 is 36.6 Å². The molecule has 0 bridgehead atoms. The van der Waals surface area contributed by atoms with E-state index in [-0.39, 0.29) is 109 Å². The van der Waals surface area contributed by atoms with Crippen LogP contribution in [0.4, 0.5) is 5.69 Å². The van der Waals surface area contributed by atoms with Crippen LogP contribution in [-0.2, 0) is 49.6 Å².